The van der Waals surface area contributed by atoms with Crippen molar-refractivity contribution in [3.05, 3.63) is 89.5 Å². The predicted octanol–water partition coefficient (Wildman–Crippen LogP) is 5.87. The minimum Gasteiger partial charge on any atom is -0.497 e. The van der Waals surface area contributed by atoms with Gasteiger partial charge in [-0.2, -0.15) is 13.2 Å². The quantitative estimate of drug-likeness (QED) is 0.386. The highest BCUT2D eigenvalue weighted by molar-refractivity contribution is 6.07. The number of nitrogens with one attached hydrogen (secondary N) is 1. The molecule has 4 rings (SSSR count). The van der Waals surface area contributed by atoms with Gasteiger partial charge in [0.2, 0.25) is 0 Å². The summed E-state index contributed by atoms with van der Waals surface area (Å²) >= 11 is 0. The van der Waals surface area contributed by atoms with Crippen LogP contribution in [0.4, 0.5) is 13.2 Å². The normalized spacial score (nSPS) is 11.3. The molecule has 0 aliphatic carbocycles. The number of nitrogens with zero attached hydrogens (tertiary/aromatic N) is 1. The van der Waals surface area contributed by atoms with Crippen molar-refractivity contribution in [1.29, 1.82) is 0 Å². The van der Waals surface area contributed by atoms with Gasteiger partial charge in [-0.15, -0.1) is 0 Å². The van der Waals surface area contributed by atoms with E-state index in [2.05, 4.69) is 10.3 Å². The first-order valence-electron chi connectivity index (χ1n) is 10.4. The summed E-state index contributed by atoms with van der Waals surface area (Å²) in [4.78, 5) is 17.8. The van der Waals surface area contributed by atoms with E-state index in [4.69, 9.17) is 9.47 Å². The summed E-state index contributed by atoms with van der Waals surface area (Å²) in [6.07, 6.45) is -4.45. The molecular formula is C26H21F3N2O3. The maximum Gasteiger partial charge on any atom is 0.416 e. The second-order valence-corrected chi connectivity index (χ2v) is 7.52. The minimum atomic E-state index is -4.45. The molecule has 1 N–H and O–H groups in total. The third kappa shape index (κ3) is 4.80. The Morgan fingerprint density at radius 3 is 2.47 bits per heavy atom. The van der Waals surface area contributed by atoms with Crippen LogP contribution in [0.25, 0.3) is 22.2 Å². The number of alkyl halides is 3. The van der Waals surface area contributed by atoms with E-state index in [9.17, 15) is 18.0 Å². The first-order valence-corrected chi connectivity index (χ1v) is 10.4. The minimum absolute atomic E-state index is 0.0550. The Morgan fingerprint density at radius 2 is 1.74 bits per heavy atom. The molecule has 0 aliphatic heterocycles. The highest BCUT2D eigenvalue weighted by Gasteiger charge is 2.30. The number of pyridine rings is 1. The van der Waals surface area contributed by atoms with Gasteiger partial charge in [0.15, 0.2) is 0 Å². The number of ether oxygens (including phenoxy) is 2. The van der Waals surface area contributed by atoms with Crippen LogP contribution in [-0.4, -0.2) is 25.1 Å². The third-order valence-corrected chi connectivity index (χ3v) is 5.35. The van der Waals surface area contributed by atoms with Gasteiger partial charge in [0, 0.05) is 23.6 Å². The lowest BCUT2D eigenvalue weighted by atomic mass is 10.0. The van der Waals surface area contributed by atoms with Crippen molar-refractivity contribution in [3.8, 4) is 22.8 Å². The Bertz CT molecular complexity index is 1350. The number of aromatic nitrogens is 1. The number of hydrogen-bond acceptors (Lipinski definition) is 4. The number of hydrogen-bond donors (Lipinski definition) is 1. The molecule has 0 radical (unpaired) electrons. The van der Waals surface area contributed by atoms with E-state index in [1.54, 1.807) is 49.6 Å². The van der Waals surface area contributed by atoms with Crippen molar-refractivity contribution in [2.24, 2.45) is 0 Å². The molecule has 8 heteroatoms. The lowest BCUT2D eigenvalue weighted by Crippen LogP contribution is -2.23. The van der Waals surface area contributed by atoms with Gasteiger partial charge < -0.3 is 14.8 Å². The van der Waals surface area contributed by atoms with Crippen molar-refractivity contribution in [2.45, 2.75) is 12.7 Å². The third-order valence-electron chi connectivity index (χ3n) is 5.35. The smallest absolute Gasteiger partial charge is 0.416 e. The summed E-state index contributed by atoms with van der Waals surface area (Å²) in [5, 5.41) is 3.35. The van der Waals surface area contributed by atoms with E-state index in [1.165, 1.54) is 19.2 Å². The van der Waals surface area contributed by atoms with E-state index in [0.717, 1.165) is 12.1 Å². The largest absolute Gasteiger partial charge is 0.497 e. The lowest BCUT2D eigenvalue weighted by molar-refractivity contribution is -0.137. The molecule has 0 spiro atoms. The molecule has 1 heterocycles. The van der Waals surface area contributed by atoms with Crippen molar-refractivity contribution < 1.29 is 27.4 Å². The summed E-state index contributed by atoms with van der Waals surface area (Å²) in [6.45, 7) is -0.0550. The Hall–Kier alpha value is -4.07. The number of fused-ring (bicyclic) bond motifs is 1. The summed E-state index contributed by atoms with van der Waals surface area (Å²) in [5.41, 5.74) is 1.72. The molecule has 1 amide bonds. The number of para-hydroxylation sites is 1. The Kier molecular flexibility index (Phi) is 6.40. The summed E-state index contributed by atoms with van der Waals surface area (Å²) in [6, 6.07) is 19.0. The summed E-state index contributed by atoms with van der Waals surface area (Å²) < 4.78 is 49.8. The molecule has 4 aromatic rings. The molecule has 0 bridgehead atoms. The van der Waals surface area contributed by atoms with E-state index in [0.29, 0.717) is 44.8 Å². The highest BCUT2D eigenvalue weighted by Crippen LogP contribution is 2.34. The van der Waals surface area contributed by atoms with E-state index >= 15 is 0 Å². The van der Waals surface area contributed by atoms with E-state index in [-0.39, 0.29) is 6.54 Å². The van der Waals surface area contributed by atoms with Crippen molar-refractivity contribution in [1.82, 2.24) is 10.3 Å². The van der Waals surface area contributed by atoms with Crippen LogP contribution in [0.2, 0.25) is 0 Å². The molecule has 34 heavy (non-hydrogen) atoms. The van der Waals surface area contributed by atoms with Gasteiger partial charge in [-0.05, 0) is 42.0 Å². The van der Waals surface area contributed by atoms with Crippen molar-refractivity contribution >= 4 is 16.8 Å². The molecule has 0 unspecified atom stereocenters. The van der Waals surface area contributed by atoms with Gasteiger partial charge in [-0.3, -0.25) is 4.79 Å². The Balaban J connectivity index is 1.69. The molecule has 0 fully saturated rings. The number of benzene rings is 3. The van der Waals surface area contributed by atoms with Gasteiger partial charge in [0.05, 0.1) is 36.6 Å². The van der Waals surface area contributed by atoms with Crippen LogP contribution in [0.15, 0.2) is 72.8 Å². The van der Waals surface area contributed by atoms with Crippen LogP contribution >= 0.6 is 0 Å². The van der Waals surface area contributed by atoms with Gasteiger partial charge in [-0.1, -0.05) is 30.3 Å². The van der Waals surface area contributed by atoms with Gasteiger partial charge >= 0.3 is 6.18 Å². The van der Waals surface area contributed by atoms with Crippen LogP contribution in [-0.2, 0) is 12.7 Å². The average Bonchev–Trinajstić information content (AvgIpc) is 2.85. The fourth-order valence-electron chi connectivity index (χ4n) is 3.65. The number of amides is 1. The average molecular weight is 466 g/mol. The monoisotopic (exact) mass is 466 g/mol. The van der Waals surface area contributed by atoms with Crippen LogP contribution in [0.5, 0.6) is 11.5 Å². The van der Waals surface area contributed by atoms with Crippen LogP contribution in [0.3, 0.4) is 0 Å². The Morgan fingerprint density at radius 1 is 0.941 bits per heavy atom. The zero-order valence-corrected chi connectivity index (χ0v) is 18.4. The summed E-state index contributed by atoms with van der Waals surface area (Å²) in [7, 11) is 3.08. The van der Waals surface area contributed by atoms with E-state index < -0.39 is 17.6 Å². The topological polar surface area (TPSA) is 60.5 Å². The number of halogens is 3. The first kappa shape index (κ1) is 23.1. The summed E-state index contributed by atoms with van der Waals surface area (Å²) in [5.74, 6) is 0.711. The maximum absolute atomic E-state index is 13.1. The van der Waals surface area contributed by atoms with Crippen molar-refractivity contribution in [3.63, 3.8) is 0 Å². The second-order valence-electron chi connectivity index (χ2n) is 7.52. The predicted molar refractivity (Wildman–Crippen MR) is 123 cm³/mol. The molecule has 3 aromatic carbocycles. The van der Waals surface area contributed by atoms with Gasteiger partial charge in [0.25, 0.3) is 5.91 Å². The standard InChI is InChI=1S/C26H21F3N2O3/c1-33-18-10-11-20(24(13-18)34-2)23-14-21(19-8-3-4-9-22(19)31-23)25(32)30-15-16-6-5-7-17(12-16)26(27,28)29/h3-14H,15H2,1-2H3,(H,30,32). The highest BCUT2D eigenvalue weighted by atomic mass is 19.4. The van der Waals surface area contributed by atoms with Crippen LogP contribution in [0, 0.1) is 0 Å². The molecule has 174 valence electrons. The fourth-order valence-corrected chi connectivity index (χ4v) is 3.65. The van der Waals surface area contributed by atoms with E-state index in [1.807, 2.05) is 6.07 Å². The lowest BCUT2D eigenvalue weighted by Gasteiger charge is -2.14. The van der Waals surface area contributed by atoms with Crippen LogP contribution in [0.1, 0.15) is 21.5 Å². The Labute approximate surface area is 194 Å². The molecule has 0 saturated heterocycles. The maximum atomic E-state index is 13.1. The molecule has 1 aromatic heterocycles. The van der Waals surface area contributed by atoms with Crippen LogP contribution < -0.4 is 14.8 Å². The fraction of sp³-hybridized carbons (Fsp3) is 0.154. The van der Waals surface area contributed by atoms with Crippen molar-refractivity contribution in [2.75, 3.05) is 14.2 Å². The number of rotatable bonds is 6. The second kappa shape index (κ2) is 9.43. The molecule has 0 atom stereocenters. The molecule has 5 nitrogen and oxygen atoms in total. The zero-order chi connectivity index (χ0) is 24.3. The van der Waals surface area contributed by atoms with Gasteiger partial charge in [0.1, 0.15) is 11.5 Å². The SMILES string of the molecule is COc1ccc(-c2cc(C(=O)NCc3cccc(C(F)(F)F)c3)c3ccccc3n2)c(OC)c1. The number of carbonyl (C=O) groups excluding carboxylic acids is 1. The molecule has 0 aliphatic rings. The first-order chi connectivity index (χ1) is 16.3. The molecular weight excluding hydrogens is 445 g/mol. The van der Waals surface area contributed by atoms with Gasteiger partial charge in [-0.25, -0.2) is 4.98 Å². The number of carbonyl (C=O) groups is 1. The zero-order valence-electron chi connectivity index (χ0n) is 18.4. The number of methoxy groups -OCH3 is 2. The molecule has 0 saturated carbocycles.